The van der Waals surface area contributed by atoms with Crippen molar-refractivity contribution in [3.8, 4) is 5.75 Å². The molecule has 12 nitrogen and oxygen atoms in total. The fraction of sp³-hybridized carbons (Fsp3) is 0.310. The number of aliphatic hydroxyl groups excluding tert-OH is 1. The molecule has 2 saturated carbocycles. The average molecular weight is 563 g/mol. The van der Waals surface area contributed by atoms with Gasteiger partial charge in [0, 0.05) is 5.92 Å². The van der Waals surface area contributed by atoms with Gasteiger partial charge in [0.05, 0.1) is 35.1 Å². The number of carbonyl (C=O) groups excluding carboxylic acids is 5. The van der Waals surface area contributed by atoms with Crippen molar-refractivity contribution in [1.82, 2.24) is 4.90 Å². The Balaban J connectivity index is 1.80. The smallest absolute Gasteiger partial charge is 0.335 e. The van der Waals surface area contributed by atoms with Gasteiger partial charge in [-0.3, -0.25) is 28.9 Å². The maximum absolute atomic E-state index is 14.1. The van der Waals surface area contributed by atoms with E-state index in [1.807, 2.05) is 0 Å². The Labute approximate surface area is 232 Å². The lowest BCUT2D eigenvalue weighted by Crippen LogP contribution is -2.77. The number of hydrogen-bond acceptors (Lipinski definition) is 10. The normalized spacial score (nSPS) is 32.0. The summed E-state index contributed by atoms with van der Waals surface area (Å²) in [5, 5.41) is 43.7. The van der Waals surface area contributed by atoms with Gasteiger partial charge in [0.1, 0.15) is 5.75 Å². The summed E-state index contributed by atoms with van der Waals surface area (Å²) >= 11 is 0. The van der Waals surface area contributed by atoms with E-state index in [-0.39, 0.29) is 22.3 Å². The molecule has 3 aliphatic rings. The molecule has 6 N–H and O–H groups in total. The number of likely N-dealkylation sites (N-methyl/N-ethyl adjacent to an activating group) is 1. The summed E-state index contributed by atoms with van der Waals surface area (Å²) in [6.45, 7) is 0. The second-order valence-corrected chi connectivity index (χ2v) is 10.8. The van der Waals surface area contributed by atoms with Crippen LogP contribution in [0.5, 0.6) is 5.75 Å². The van der Waals surface area contributed by atoms with Crippen LogP contribution >= 0.6 is 0 Å². The summed E-state index contributed by atoms with van der Waals surface area (Å²) in [5.41, 5.74) is 2.42. The van der Waals surface area contributed by atoms with Crippen molar-refractivity contribution in [3.63, 3.8) is 0 Å². The molecular formula is C29H26N2O10. The van der Waals surface area contributed by atoms with Gasteiger partial charge >= 0.3 is 5.97 Å². The molecule has 2 aromatic rings. The number of nitrogens with two attached hydrogens (primary N) is 1. The number of carboxylic acid groups (broad SMARTS) is 1. The van der Waals surface area contributed by atoms with E-state index in [4.69, 9.17) is 5.73 Å². The largest absolute Gasteiger partial charge is 0.507 e. The van der Waals surface area contributed by atoms with Gasteiger partial charge in [-0.15, -0.1) is 0 Å². The molecule has 0 heterocycles. The first-order valence-corrected chi connectivity index (χ1v) is 12.6. The van der Waals surface area contributed by atoms with Gasteiger partial charge in [-0.25, -0.2) is 4.79 Å². The van der Waals surface area contributed by atoms with Crippen LogP contribution in [0.15, 0.2) is 42.5 Å². The Kier molecular flexibility index (Phi) is 6.52. The predicted molar refractivity (Wildman–Crippen MR) is 140 cm³/mol. The van der Waals surface area contributed by atoms with Gasteiger partial charge in [-0.05, 0) is 49.0 Å². The van der Waals surface area contributed by atoms with E-state index in [9.17, 15) is 49.2 Å². The summed E-state index contributed by atoms with van der Waals surface area (Å²) < 4.78 is 0. The molecule has 0 radical (unpaired) electrons. The van der Waals surface area contributed by atoms with Crippen LogP contribution in [0.1, 0.15) is 31.8 Å². The fourth-order valence-electron chi connectivity index (χ4n) is 6.61. The van der Waals surface area contributed by atoms with Crippen LogP contribution in [0.25, 0.3) is 11.6 Å². The highest BCUT2D eigenvalue weighted by molar-refractivity contribution is 6.33. The number of carbonyl (C=O) groups is 6. The zero-order chi connectivity index (χ0) is 30.1. The van der Waals surface area contributed by atoms with E-state index in [0.717, 1.165) is 0 Å². The van der Waals surface area contributed by atoms with Crippen LogP contribution in [-0.2, 0) is 19.2 Å². The van der Waals surface area contributed by atoms with Gasteiger partial charge in [0.2, 0.25) is 5.91 Å². The third kappa shape index (κ3) is 3.86. The molecular weight excluding hydrogens is 536 g/mol. The number of hydrogen-bond donors (Lipinski definition) is 5. The standard InChI is InChI=1S/C29H26N2O10/c1-31(2)21-20-23(34)17-14(10-11-5-3-6-12(9-11)28(39)40)13-7-4-8-15(32)16(13)22(33)18(17)25(36)29(20,41)26(37)19(24(21)35)27(30)38/h3-10,17-21,23,32,34,41H,1-2H3,(H2,30,38)(H,39,40)/t17-,18?,19?,20-,21+,23+,29+/m1/s1. The first-order valence-electron chi connectivity index (χ1n) is 12.6. The molecule has 0 spiro atoms. The molecule has 7 atom stereocenters. The fourth-order valence-corrected chi connectivity index (χ4v) is 6.61. The highest BCUT2D eigenvalue weighted by atomic mass is 16.4. The third-order valence-electron chi connectivity index (χ3n) is 8.33. The van der Waals surface area contributed by atoms with Crippen LogP contribution in [0.2, 0.25) is 0 Å². The second kappa shape index (κ2) is 9.54. The number of aromatic carboxylic acids is 1. The summed E-state index contributed by atoms with van der Waals surface area (Å²) in [5.74, 6) is -15.2. The van der Waals surface area contributed by atoms with Gasteiger partial charge in [0.25, 0.3) is 0 Å². The van der Waals surface area contributed by atoms with Crippen LogP contribution < -0.4 is 5.73 Å². The van der Waals surface area contributed by atoms with Crippen molar-refractivity contribution in [3.05, 3.63) is 64.7 Å². The zero-order valence-corrected chi connectivity index (χ0v) is 21.8. The second-order valence-electron chi connectivity index (χ2n) is 10.8. The van der Waals surface area contributed by atoms with Gasteiger partial charge in [-0.2, -0.15) is 0 Å². The molecule has 12 heteroatoms. The zero-order valence-electron chi connectivity index (χ0n) is 21.8. The molecule has 3 aliphatic carbocycles. The van der Waals surface area contributed by atoms with Crippen LogP contribution in [-0.4, -0.2) is 92.2 Å². The van der Waals surface area contributed by atoms with E-state index in [1.165, 1.54) is 61.5 Å². The number of nitrogens with zero attached hydrogens (tertiary/aromatic N) is 1. The number of rotatable bonds is 4. The minimum Gasteiger partial charge on any atom is -0.507 e. The first-order chi connectivity index (χ1) is 19.2. The lowest BCUT2D eigenvalue weighted by Gasteiger charge is -2.55. The number of aliphatic hydroxyl groups is 2. The lowest BCUT2D eigenvalue weighted by atomic mass is 9.50. The van der Waals surface area contributed by atoms with Crippen molar-refractivity contribution < 1.29 is 49.2 Å². The molecule has 212 valence electrons. The maximum Gasteiger partial charge on any atom is 0.335 e. The Bertz CT molecular complexity index is 1590. The number of amides is 1. The van der Waals surface area contributed by atoms with E-state index in [0.29, 0.717) is 5.56 Å². The number of aromatic hydroxyl groups is 1. The first kappa shape index (κ1) is 28.0. The van der Waals surface area contributed by atoms with Gasteiger partial charge < -0.3 is 26.2 Å². The third-order valence-corrected chi connectivity index (χ3v) is 8.33. The van der Waals surface area contributed by atoms with Crippen molar-refractivity contribution in [2.24, 2.45) is 29.4 Å². The molecule has 0 aliphatic heterocycles. The molecule has 5 rings (SSSR count). The summed E-state index contributed by atoms with van der Waals surface area (Å²) in [7, 11) is 2.79. The van der Waals surface area contributed by atoms with Gasteiger partial charge in [-0.1, -0.05) is 30.3 Å². The number of primary amides is 1. The Morgan fingerprint density at radius 3 is 2.29 bits per heavy atom. The number of ketones is 4. The quantitative estimate of drug-likeness (QED) is 0.301. The van der Waals surface area contributed by atoms with Crippen LogP contribution in [0, 0.1) is 23.7 Å². The lowest BCUT2D eigenvalue weighted by molar-refractivity contribution is -0.192. The molecule has 0 saturated heterocycles. The predicted octanol–water partition coefficient (Wildman–Crippen LogP) is -0.466. The van der Waals surface area contributed by atoms with E-state index < -0.39 is 82.2 Å². The molecule has 1 amide bonds. The van der Waals surface area contributed by atoms with Crippen molar-refractivity contribution in [2.75, 3.05) is 14.1 Å². The van der Waals surface area contributed by atoms with Crippen molar-refractivity contribution >= 4 is 46.7 Å². The number of phenolic OH excluding ortho intramolecular Hbond substituents is 1. The molecule has 2 unspecified atom stereocenters. The van der Waals surface area contributed by atoms with Crippen molar-refractivity contribution in [1.29, 1.82) is 0 Å². The average Bonchev–Trinajstić information content (AvgIpc) is 2.90. The monoisotopic (exact) mass is 562 g/mol. The van der Waals surface area contributed by atoms with E-state index in [1.54, 1.807) is 6.07 Å². The number of carboxylic acids is 1. The Morgan fingerprint density at radius 1 is 1.02 bits per heavy atom. The van der Waals surface area contributed by atoms with E-state index in [2.05, 4.69) is 0 Å². The summed E-state index contributed by atoms with van der Waals surface area (Å²) in [6.07, 6.45) is -0.427. The number of Topliss-reactive ketones (excluding diaryl/α,β-unsaturated/α-hetero) is 4. The summed E-state index contributed by atoms with van der Waals surface area (Å²) in [6, 6.07) is 8.29. The molecule has 0 bridgehead atoms. The molecule has 2 fully saturated rings. The SMILES string of the molecule is CN(C)[C@@H]1C(=O)C(C(N)=O)C(=O)[C@@]2(O)C(=O)C3C(=O)c4c(O)cccc4C(=Cc4cccc(C(=O)O)c4)[C@H]3[C@H](O)[C@@H]12. The minimum absolute atomic E-state index is 0.0674. The Hall–Kier alpha value is -4.52. The van der Waals surface area contributed by atoms with Gasteiger partial charge in [0.15, 0.2) is 34.7 Å². The van der Waals surface area contributed by atoms with Crippen LogP contribution in [0.4, 0.5) is 0 Å². The number of benzene rings is 2. The number of phenols is 1. The highest BCUT2D eigenvalue weighted by Crippen LogP contribution is 2.54. The van der Waals surface area contributed by atoms with Crippen molar-refractivity contribution in [2.45, 2.75) is 17.7 Å². The molecule has 2 aromatic carbocycles. The van der Waals surface area contributed by atoms with E-state index >= 15 is 0 Å². The topological polar surface area (TPSA) is 213 Å². The Morgan fingerprint density at radius 2 is 1.68 bits per heavy atom. The highest BCUT2D eigenvalue weighted by Gasteiger charge is 2.72. The van der Waals surface area contributed by atoms with Crippen LogP contribution in [0.3, 0.4) is 0 Å². The summed E-state index contributed by atoms with van der Waals surface area (Å²) in [4.78, 5) is 79.7. The molecule has 41 heavy (non-hydrogen) atoms. The minimum atomic E-state index is -3.13. The maximum atomic E-state index is 14.1. The molecule has 0 aromatic heterocycles. The number of fused-ring (bicyclic) bond motifs is 3.